The Hall–Kier alpha value is -2.62. The highest BCUT2D eigenvalue weighted by atomic mass is 16.3. The molecule has 22 heavy (non-hydrogen) atoms. The maximum atomic E-state index is 12.5. The summed E-state index contributed by atoms with van der Waals surface area (Å²) in [5, 5.41) is 12.5. The van der Waals surface area contributed by atoms with E-state index in [1.807, 2.05) is 12.1 Å². The minimum atomic E-state index is -0.157. The molecule has 4 nitrogen and oxygen atoms in total. The second-order valence-corrected chi connectivity index (χ2v) is 5.63. The largest absolute Gasteiger partial charge is 0.505 e. The number of carbonyl (C=O) groups is 2. The number of nitrogens with one attached hydrogen (secondary N) is 1. The first-order chi connectivity index (χ1) is 10.7. The van der Waals surface area contributed by atoms with Crippen LogP contribution >= 0.6 is 0 Å². The SMILES string of the molecule is O=CNc1cccc(C(=O)CC2Cc3ccccc3C2)c1O. The fourth-order valence-electron chi connectivity index (χ4n) is 3.11. The molecule has 0 radical (unpaired) electrons. The van der Waals surface area contributed by atoms with Crippen molar-refractivity contribution in [1.29, 1.82) is 0 Å². The zero-order chi connectivity index (χ0) is 15.5. The van der Waals surface area contributed by atoms with Crippen LogP contribution in [0.5, 0.6) is 5.75 Å². The van der Waals surface area contributed by atoms with Gasteiger partial charge in [-0.25, -0.2) is 0 Å². The third-order valence-corrected chi connectivity index (χ3v) is 4.16. The van der Waals surface area contributed by atoms with Crippen LogP contribution in [0.15, 0.2) is 42.5 Å². The molecule has 0 spiro atoms. The van der Waals surface area contributed by atoms with Gasteiger partial charge >= 0.3 is 0 Å². The lowest BCUT2D eigenvalue weighted by Crippen LogP contribution is -2.10. The number of phenols is 1. The highest BCUT2D eigenvalue weighted by molar-refractivity contribution is 6.01. The molecule has 0 heterocycles. The van der Waals surface area contributed by atoms with Gasteiger partial charge < -0.3 is 10.4 Å². The first-order valence-electron chi connectivity index (χ1n) is 7.31. The summed E-state index contributed by atoms with van der Waals surface area (Å²) >= 11 is 0. The van der Waals surface area contributed by atoms with E-state index in [1.165, 1.54) is 11.1 Å². The van der Waals surface area contributed by atoms with Crippen molar-refractivity contribution in [3.8, 4) is 5.75 Å². The second kappa shape index (κ2) is 6.02. The normalized spacial score (nSPS) is 13.6. The third-order valence-electron chi connectivity index (χ3n) is 4.16. The number of hydrogen-bond donors (Lipinski definition) is 2. The van der Waals surface area contributed by atoms with Crippen LogP contribution in [-0.2, 0) is 17.6 Å². The van der Waals surface area contributed by atoms with Crippen molar-refractivity contribution in [2.24, 2.45) is 5.92 Å². The van der Waals surface area contributed by atoms with Crippen molar-refractivity contribution in [2.45, 2.75) is 19.3 Å². The van der Waals surface area contributed by atoms with Crippen LogP contribution in [0.3, 0.4) is 0 Å². The van der Waals surface area contributed by atoms with Crippen LogP contribution in [0.4, 0.5) is 5.69 Å². The Bertz CT molecular complexity index is 699. The summed E-state index contributed by atoms with van der Waals surface area (Å²) in [5.41, 5.74) is 3.14. The Labute approximate surface area is 128 Å². The molecule has 4 heteroatoms. The van der Waals surface area contributed by atoms with E-state index in [0.717, 1.165) is 12.8 Å². The van der Waals surface area contributed by atoms with Gasteiger partial charge in [0.25, 0.3) is 0 Å². The molecule has 0 unspecified atom stereocenters. The number of amides is 1. The molecule has 3 rings (SSSR count). The minimum Gasteiger partial charge on any atom is -0.505 e. The quantitative estimate of drug-likeness (QED) is 0.506. The molecular formula is C18H17NO3. The number of carbonyl (C=O) groups excluding carboxylic acids is 2. The lowest BCUT2D eigenvalue weighted by molar-refractivity contribution is -0.105. The van der Waals surface area contributed by atoms with E-state index in [9.17, 15) is 14.7 Å². The molecule has 0 saturated carbocycles. The molecule has 1 aliphatic rings. The molecule has 0 aliphatic heterocycles. The van der Waals surface area contributed by atoms with Crippen LogP contribution in [0.25, 0.3) is 0 Å². The maximum Gasteiger partial charge on any atom is 0.211 e. The molecule has 0 fully saturated rings. The Kier molecular flexibility index (Phi) is 3.92. The van der Waals surface area contributed by atoms with Crippen LogP contribution in [0, 0.1) is 5.92 Å². The van der Waals surface area contributed by atoms with Gasteiger partial charge in [0.2, 0.25) is 6.41 Å². The van der Waals surface area contributed by atoms with E-state index < -0.39 is 0 Å². The van der Waals surface area contributed by atoms with E-state index in [2.05, 4.69) is 17.4 Å². The molecule has 0 aromatic heterocycles. The molecule has 2 aromatic rings. The molecule has 1 amide bonds. The van der Waals surface area contributed by atoms with Crippen molar-refractivity contribution < 1.29 is 14.7 Å². The van der Waals surface area contributed by atoms with Crippen molar-refractivity contribution >= 4 is 17.9 Å². The average Bonchev–Trinajstić information content (AvgIpc) is 2.91. The molecular weight excluding hydrogens is 278 g/mol. The summed E-state index contributed by atoms with van der Waals surface area (Å²) in [7, 11) is 0. The minimum absolute atomic E-state index is 0.0927. The number of Topliss-reactive ketones (excluding diaryl/α,β-unsaturated/α-hetero) is 1. The molecule has 2 aromatic carbocycles. The third kappa shape index (κ3) is 2.72. The fourth-order valence-corrected chi connectivity index (χ4v) is 3.11. The van der Waals surface area contributed by atoms with Gasteiger partial charge in [-0.05, 0) is 42.0 Å². The zero-order valence-corrected chi connectivity index (χ0v) is 12.1. The first-order valence-corrected chi connectivity index (χ1v) is 7.31. The molecule has 0 bridgehead atoms. The second-order valence-electron chi connectivity index (χ2n) is 5.63. The summed E-state index contributed by atoms with van der Waals surface area (Å²) < 4.78 is 0. The summed E-state index contributed by atoms with van der Waals surface area (Å²) in [6.07, 6.45) is 2.67. The van der Waals surface area contributed by atoms with Gasteiger partial charge in [0, 0.05) is 6.42 Å². The average molecular weight is 295 g/mol. The van der Waals surface area contributed by atoms with Crippen LogP contribution < -0.4 is 5.32 Å². The van der Waals surface area contributed by atoms with E-state index in [-0.39, 0.29) is 28.7 Å². The monoisotopic (exact) mass is 295 g/mol. The number of rotatable bonds is 5. The zero-order valence-electron chi connectivity index (χ0n) is 12.1. The van der Waals surface area contributed by atoms with Crippen molar-refractivity contribution in [2.75, 3.05) is 5.32 Å². The van der Waals surface area contributed by atoms with Crippen molar-refractivity contribution in [3.63, 3.8) is 0 Å². The number of hydrogen-bond acceptors (Lipinski definition) is 3. The summed E-state index contributed by atoms with van der Waals surface area (Å²) in [4.78, 5) is 23.0. The molecule has 1 aliphatic carbocycles. The number of phenolic OH excluding ortho intramolecular Hbond substituents is 1. The Morgan fingerprint density at radius 3 is 2.45 bits per heavy atom. The summed E-state index contributed by atoms with van der Waals surface area (Å²) in [6, 6.07) is 13.1. The highest BCUT2D eigenvalue weighted by Gasteiger charge is 2.25. The van der Waals surface area contributed by atoms with Gasteiger partial charge in [0.05, 0.1) is 11.3 Å². The first kappa shape index (κ1) is 14.3. The van der Waals surface area contributed by atoms with Crippen LogP contribution in [0.2, 0.25) is 0 Å². The van der Waals surface area contributed by atoms with Crippen LogP contribution in [0.1, 0.15) is 27.9 Å². The predicted molar refractivity (Wildman–Crippen MR) is 84.1 cm³/mol. The number of para-hydroxylation sites is 1. The molecule has 0 saturated heterocycles. The van der Waals surface area contributed by atoms with E-state index >= 15 is 0 Å². The van der Waals surface area contributed by atoms with Gasteiger partial charge in [-0.1, -0.05) is 30.3 Å². The van der Waals surface area contributed by atoms with Gasteiger partial charge in [-0.15, -0.1) is 0 Å². The smallest absolute Gasteiger partial charge is 0.211 e. The standard InChI is InChI=1S/C18H17NO3/c20-11-19-16-7-3-6-15(18(16)22)17(21)10-12-8-13-4-1-2-5-14(13)9-12/h1-7,11-12,22H,8-10H2,(H,19,20). The lowest BCUT2D eigenvalue weighted by atomic mass is 9.95. The van der Waals surface area contributed by atoms with Crippen molar-refractivity contribution in [1.82, 2.24) is 0 Å². The van der Waals surface area contributed by atoms with Gasteiger partial charge in [-0.3, -0.25) is 9.59 Å². The Balaban J connectivity index is 1.74. The van der Waals surface area contributed by atoms with Crippen molar-refractivity contribution in [3.05, 3.63) is 59.2 Å². The van der Waals surface area contributed by atoms with Gasteiger partial charge in [0.15, 0.2) is 5.78 Å². The van der Waals surface area contributed by atoms with E-state index in [0.29, 0.717) is 12.8 Å². The molecule has 2 N–H and O–H groups in total. The number of aromatic hydroxyl groups is 1. The van der Waals surface area contributed by atoms with Gasteiger partial charge in [-0.2, -0.15) is 0 Å². The number of anilines is 1. The Morgan fingerprint density at radius 1 is 1.14 bits per heavy atom. The maximum absolute atomic E-state index is 12.5. The fraction of sp³-hybridized carbons (Fsp3) is 0.222. The molecule has 0 atom stereocenters. The number of benzene rings is 2. The highest BCUT2D eigenvalue weighted by Crippen LogP contribution is 2.32. The van der Waals surface area contributed by atoms with Gasteiger partial charge in [0.1, 0.15) is 5.75 Å². The number of ketones is 1. The van der Waals surface area contributed by atoms with E-state index in [1.54, 1.807) is 18.2 Å². The Morgan fingerprint density at radius 2 is 1.82 bits per heavy atom. The summed E-state index contributed by atoms with van der Waals surface area (Å²) in [6.45, 7) is 0. The topological polar surface area (TPSA) is 66.4 Å². The van der Waals surface area contributed by atoms with Crippen LogP contribution in [-0.4, -0.2) is 17.3 Å². The predicted octanol–water partition coefficient (Wildman–Crippen LogP) is 2.95. The number of fused-ring (bicyclic) bond motifs is 1. The summed E-state index contributed by atoms with van der Waals surface area (Å²) in [5.74, 6) is 0.0203. The molecule has 112 valence electrons. The van der Waals surface area contributed by atoms with E-state index in [4.69, 9.17) is 0 Å². The lowest BCUT2D eigenvalue weighted by Gasteiger charge is -2.11.